The number of benzene rings is 4. The molecule has 7 rings (SSSR count). The van der Waals surface area contributed by atoms with Crippen LogP contribution in [0.5, 0.6) is 0 Å². The van der Waals surface area contributed by atoms with Gasteiger partial charge in [0, 0.05) is 33.4 Å². The van der Waals surface area contributed by atoms with E-state index in [4.69, 9.17) is 15.0 Å². The van der Waals surface area contributed by atoms with Gasteiger partial charge in [-0.05, 0) is 30.2 Å². The van der Waals surface area contributed by atoms with Gasteiger partial charge < -0.3 is 0 Å². The zero-order valence-electron chi connectivity index (χ0n) is 21.0. The first-order valence-corrected chi connectivity index (χ1v) is 12.6. The Labute approximate surface area is 224 Å². The molecule has 7 heteroatoms. The van der Waals surface area contributed by atoms with Gasteiger partial charge in [-0.1, -0.05) is 84.9 Å². The highest BCUT2D eigenvalue weighted by Crippen LogP contribution is 2.51. The molecule has 6 aromatic rings. The first-order chi connectivity index (χ1) is 19.1. The van der Waals surface area contributed by atoms with Gasteiger partial charge in [0.15, 0.2) is 29.0 Å². The van der Waals surface area contributed by atoms with Crippen molar-refractivity contribution in [3.8, 4) is 56.7 Å². The molecule has 1 unspecified atom stereocenters. The minimum absolute atomic E-state index is 0.489. The van der Waals surface area contributed by atoms with Crippen LogP contribution in [0.15, 0.2) is 110 Å². The van der Waals surface area contributed by atoms with Gasteiger partial charge in [0.2, 0.25) is 0 Å². The summed E-state index contributed by atoms with van der Waals surface area (Å²) in [6.07, 6.45) is 2.88. The van der Waals surface area contributed by atoms with Crippen LogP contribution in [-0.2, 0) is 5.67 Å². The summed E-state index contributed by atoms with van der Waals surface area (Å²) >= 11 is 0. The van der Waals surface area contributed by atoms with E-state index in [2.05, 4.69) is 15.0 Å². The summed E-state index contributed by atoms with van der Waals surface area (Å²) in [5.41, 5.74) is 4.36. The maximum absolute atomic E-state index is 16.6. The Bertz CT molecular complexity index is 1770. The van der Waals surface area contributed by atoms with Crippen molar-refractivity contribution >= 4 is 0 Å². The molecule has 0 saturated heterocycles. The molecular formula is C32H21FN6. The Hall–Kier alpha value is -5.17. The van der Waals surface area contributed by atoms with Crippen molar-refractivity contribution in [3.63, 3.8) is 0 Å². The molecule has 0 bridgehead atoms. The number of fused-ring (bicyclic) bond motifs is 3. The van der Waals surface area contributed by atoms with Gasteiger partial charge in [-0.2, -0.15) is 0 Å². The molecule has 2 heterocycles. The molecule has 0 radical (unpaired) electrons. The molecule has 1 aliphatic rings. The SMILES string of the molecule is CC1(F)c2cc(-c3ncncn3)ccc2-c2ccc(-c3nc(-c4ccccc4)nc(-c4ccccc4)n3)cc21. The second kappa shape index (κ2) is 8.99. The number of rotatable bonds is 4. The average Bonchev–Trinajstić information content (AvgIpc) is 3.23. The van der Waals surface area contributed by atoms with Gasteiger partial charge in [-0.15, -0.1) is 0 Å². The van der Waals surface area contributed by atoms with Gasteiger partial charge in [0.1, 0.15) is 12.7 Å². The number of aromatic nitrogens is 6. The van der Waals surface area contributed by atoms with Crippen LogP contribution in [-0.4, -0.2) is 29.9 Å². The first kappa shape index (κ1) is 23.0. The van der Waals surface area contributed by atoms with Crippen LogP contribution < -0.4 is 0 Å². The van der Waals surface area contributed by atoms with Crippen LogP contribution in [0.1, 0.15) is 18.1 Å². The number of alkyl halides is 1. The minimum atomic E-state index is -1.72. The average molecular weight is 509 g/mol. The lowest BCUT2D eigenvalue weighted by Crippen LogP contribution is -2.13. The van der Waals surface area contributed by atoms with Crippen LogP contribution in [0.4, 0.5) is 4.39 Å². The van der Waals surface area contributed by atoms with Crippen LogP contribution in [0.25, 0.3) is 56.7 Å². The van der Waals surface area contributed by atoms with E-state index in [1.54, 1.807) is 6.92 Å². The molecule has 0 N–H and O–H groups in total. The summed E-state index contributed by atoms with van der Waals surface area (Å²) in [7, 11) is 0. The third-order valence-corrected chi connectivity index (χ3v) is 7.05. The molecule has 0 amide bonds. The maximum Gasteiger partial charge on any atom is 0.164 e. The smallest absolute Gasteiger partial charge is 0.164 e. The van der Waals surface area contributed by atoms with E-state index in [-0.39, 0.29) is 0 Å². The minimum Gasteiger partial charge on any atom is -0.234 e. The lowest BCUT2D eigenvalue weighted by molar-refractivity contribution is 0.259. The highest BCUT2D eigenvalue weighted by atomic mass is 19.1. The molecule has 2 aromatic heterocycles. The second-order valence-corrected chi connectivity index (χ2v) is 9.52. The number of hydrogen-bond donors (Lipinski definition) is 0. The predicted molar refractivity (Wildman–Crippen MR) is 148 cm³/mol. The van der Waals surface area contributed by atoms with E-state index in [0.29, 0.717) is 34.4 Å². The van der Waals surface area contributed by atoms with Crippen LogP contribution >= 0.6 is 0 Å². The molecule has 1 aliphatic carbocycles. The van der Waals surface area contributed by atoms with Crippen molar-refractivity contribution in [1.29, 1.82) is 0 Å². The zero-order valence-corrected chi connectivity index (χ0v) is 21.0. The van der Waals surface area contributed by atoms with Gasteiger partial charge in [0.05, 0.1) is 0 Å². The Morgan fingerprint density at radius 3 is 1.44 bits per heavy atom. The molecule has 0 spiro atoms. The maximum atomic E-state index is 16.6. The Balaban J connectivity index is 1.36. The molecule has 6 nitrogen and oxygen atoms in total. The highest BCUT2D eigenvalue weighted by Gasteiger charge is 2.40. The Morgan fingerprint density at radius 2 is 0.949 bits per heavy atom. The van der Waals surface area contributed by atoms with Crippen LogP contribution in [0.3, 0.4) is 0 Å². The quantitative estimate of drug-likeness (QED) is 0.257. The van der Waals surface area contributed by atoms with E-state index >= 15 is 4.39 Å². The molecule has 1 atom stereocenters. The molecule has 0 saturated carbocycles. The van der Waals surface area contributed by atoms with Crippen LogP contribution in [0.2, 0.25) is 0 Å². The molecule has 0 aliphatic heterocycles. The fraction of sp³-hybridized carbons (Fsp3) is 0.0625. The Morgan fingerprint density at radius 1 is 0.513 bits per heavy atom. The summed E-state index contributed by atoms with van der Waals surface area (Å²) in [5, 5.41) is 0. The summed E-state index contributed by atoms with van der Waals surface area (Å²) in [5.74, 6) is 2.12. The van der Waals surface area contributed by atoms with E-state index in [1.807, 2.05) is 97.1 Å². The van der Waals surface area contributed by atoms with Crippen molar-refractivity contribution in [2.75, 3.05) is 0 Å². The summed E-state index contributed by atoms with van der Waals surface area (Å²) in [4.78, 5) is 26.7. The molecule has 4 aromatic carbocycles. The van der Waals surface area contributed by atoms with Crippen LogP contribution in [0, 0.1) is 0 Å². The summed E-state index contributed by atoms with van der Waals surface area (Å²) in [6, 6.07) is 31.0. The fourth-order valence-corrected chi connectivity index (χ4v) is 5.08. The summed E-state index contributed by atoms with van der Waals surface area (Å²) in [6.45, 7) is 1.59. The number of hydrogen-bond acceptors (Lipinski definition) is 6. The largest absolute Gasteiger partial charge is 0.234 e. The van der Waals surface area contributed by atoms with Crippen molar-refractivity contribution in [3.05, 3.63) is 121 Å². The van der Waals surface area contributed by atoms with Crippen molar-refractivity contribution in [2.24, 2.45) is 0 Å². The number of nitrogens with zero attached hydrogens (tertiary/aromatic N) is 6. The topological polar surface area (TPSA) is 77.3 Å². The number of halogens is 1. The summed E-state index contributed by atoms with van der Waals surface area (Å²) < 4.78 is 16.6. The van der Waals surface area contributed by atoms with E-state index in [9.17, 15) is 0 Å². The highest BCUT2D eigenvalue weighted by molar-refractivity contribution is 5.84. The molecule has 186 valence electrons. The standard InChI is InChI=1S/C32H21FN6/c1-32(33)26-16-22(28-35-18-34-19-36-28)12-14-24(26)25-15-13-23(17-27(25)32)31-38-29(20-8-4-2-5-9-20)37-30(39-31)21-10-6-3-7-11-21/h2-19H,1H3. The second-order valence-electron chi connectivity index (χ2n) is 9.52. The molecular weight excluding hydrogens is 487 g/mol. The van der Waals surface area contributed by atoms with Gasteiger partial charge >= 0.3 is 0 Å². The normalized spacial score (nSPS) is 15.5. The molecule has 0 fully saturated rings. The fourth-order valence-electron chi connectivity index (χ4n) is 5.08. The predicted octanol–water partition coefficient (Wildman–Crippen LogP) is 6.94. The lowest BCUT2D eigenvalue weighted by Gasteiger charge is -2.18. The zero-order chi connectivity index (χ0) is 26.4. The molecule has 39 heavy (non-hydrogen) atoms. The van der Waals surface area contributed by atoms with E-state index in [1.165, 1.54) is 12.7 Å². The van der Waals surface area contributed by atoms with Gasteiger partial charge in [-0.25, -0.2) is 34.3 Å². The third kappa shape index (κ3) is 3.95. The monoisotopic (exact) mass is 508 g/mol. The van der Waals surface area contributed by atoms with Crippen molar-refractivity contribution in [1.82, 2.24) is 29.9 Å². The van der Waals surface area contributed by atoms with E-state index < -0.39 is 5.67 Å². The van der Waals surface area contributed by atoms with Gasteiger partial charge in [-0.3, -0.25) is 0 Å². The third-order valence-electron chi connectivity index (χ3n) is 7.05. The van der Waals surface area contributed by atoms with Gasteiger partial charge in [0.25, 0.3) is 0 Å². The Kier molecular flexibility index (Phi) is 5.30. The van der Waals surface area contributed by atoms with Crippen molar-refractivity contribution in [2.45, 2.75) is 12.6 Å². The van der Waals surface area contributed by atoms with E-state index in [0.717, 1.165) is 33.4 Å². The first-order valence-electron chi connectivity index (χ1n) is 12.6. The van der Waals surface area contributed by atoms with Crippen molar-refractivity contribution < 1.29 is 4.39 Å². The lowest BCUT2D eigenvalue weighted by atomic mass is 9.93.